The summed E-state index contributed by atoms with van der Waals surface area (Å²) in [5, 5.41) is 0. The molecule has 0 nitrogen and oxygen atoms in total. The van der Waals surface area contributed by atoms with Crippen LogP contribution in [0.4, 0.5) is 92.2 Å². The van der Waals surface area contributed by atoms with E-state index in [9.17, 15) is 92.2 Å². The first-order valence-corrected chi connectivity index (χ1v) is 8.39. The van der Waals surface area contributed by atoms with Crippen molar-refractivity contribution >= 4 is 0 Å². The van der Waals surface area contributed by atoms with Gasteiger partial charge in [-0.05, 0) is 13.3 Å². The molecule has 0 aliphatic carbocycles. The molecule has 0 fully saturated rings. The Hall–Kier alpha value is -1.73. The SMILES string of the molecule is CC=CCCC(F)(F)C(F)(F)C(F)(F)C(F)(F)C(F)(F)C(F)(F)C(F)(F)C(F)(F)C(F)(F)C(F)(F)F. The molecule has 0 aromatic rings. The molecule has 0 aliphatic rings. The fraction of sp³-hybridized carbons (Fsp3) is 0.867. The van der Waals surface area contributed by atoms with E-state index >= 15 is 0 Å². The molecule has 0 radical (unpaired) electrons. The summed E-state index contributed by atoms with van der Waals surface area (Å²) < 4.78 is 276. The van der Waals surface area contributed by atoms with E-state index in [1.807, 2.05) is 0 Å². The van der Waals surface area contributed by atoms with E-state index in [1.54, 1.807) is 0 Å². The van der Waals surface area contributed by atoms with Crippen LogP contribution in [-0.2, 0) is 0 Å². The summed E-state index contributed by atoms with van der Waals surface area (Å²) in [4.78, 5) is 0. The number of hydrogen-bond donors (Lipinski definition) is 0. The van der Waals surface area contributed by atoms with Crippen LogP contribution >= 0.6 is 0 Å². The lowest BCUT2D eigenvalue weighted by Gasteiger charge is -2.44. The lowest BCUT2D eigenvalue weighted by atomic mass is 9.85. The summed E-state index contributed by atoms with van der Waals surface area (Å²) in [6, 6.07) is 0. The molecule has 0 saturated heterocycles. The second-order valence-electron chi connectivity index (χ2n) is 6.91. The lowest BCUT2D eigenvalue weighted by molar-refractivity contribution is -0.474. The Balaban J connectivity index is 6.94. The highest BCUT2D eigenvalue weighted by atomic mass is 19.4. The summed E-state index contributed by atoms with van der Waals surface area (Å²) in [5.41, 5.74) is 0. The minimum Gasteiger partial charge on any atom is -0.200 e. The smallest absolute Gasteiger partial charge is 0.200 e. The molecule has 0 atom stereocenters. The van der Waals surface area contributed by atoms with Crippen molar-refractivity contribution in [3.63, 3.8) is 0 Å². The zero-order valence-corrected chi connectivity index (χ0v) is 16.5. The maximum absolute atomic E-state index is 13.5. The van der Waals surface area contributed by atoms with E-state index in [-0.39, 0.29) is 0 Å². The predicted molar refractivity (Wildman–Crippen MR) is 74.6 cm³/mol. The van der Waals surface area contributed by atoms with Crippen molar-refractivity contribution < 1.29 is 92.2 Å². The normalized spacial score (nSPS) is 16.7. The molecule has 0 aromatic heterocycles. The average molecular weight is 588 g/mol. The Morgan fingerprint density at radius 1 is 0.389 bits per heavy atom. The first-order valence-electron chi connectivity index (χ1n) is 8.39. The molecule has 0 N–H and O–H groups in total. The van der Waals surface area contributed by atoms with Gasteiger partial charge in [-0.3, -0.25) is 0 Å². The molecule has 0 aromatic carbocycles. The summed E-state index contributed by atoms with van der Waals surface area (Å²) in [7, 11) is 0. The van der Waals surface area contributed by atoms with Crippen LogP contribution in [0.2, 0.25) is 0 Å². The van der Waals surface area contributed by atoms with Gasteiger partial charge < -0.3 is 0 Å². The lowest BCUT2D eigenvalue weighted by Crippen LogP contribution is -2.76. The fourth-order valence-corrected chi connectivity index (χ4v) is 2.18. The van der Waals surface area contributed by atoms with Crippen LogP contribution in [0.1, 0.15) is 19.8 Å². The van der Waals surface area contributed by atoms with Gasteiger partial charge in [-0.2, -0.15) is 92.2 Å². The van der Waals surface area contributed by atoms with Crippen molar-refractivity contribution in [2.75, 3.05) is 0 Å². The molecule has 21 heteroatoms. The Bertz CT molecular complexity index is 799. The van der Waals surface area contributed by atoms with E-state index in [0.717, 1.165) is 13.0 Å². The summed E-state index contributed by atoms with van der Waals surface area (Å²) >= 11 is 0. The van der Waals surface area contributed by atoms with Gasteiger partial charge in [-0.1, -0.05) is 12.2 Å². The number of allylic oxidation sites excluding steroid dienone is 2. The number of rotatable bonds is 11. The Morgan fingerprint density at radius 2 is 0.639 bits per heavy atom. The first-order chi connectivity index (χ1) is 15.3. The van der Waals surface area contributed by atoms with Gasteiger partial charge in [0.25, 0.3) is 0 Å². The molecular weight excluding hydrogens is 579 g/mol. The van der Waals surface area contributed by atoms with Crippen molar-refractivity contribution in [3.05, 3.63) is 12.2 Å². The maximum atomic E-state index is 13.5. The van der Waals surface area contributed by atoms with Crippen molar-refractivity contribution in [3.8, 4) is 0 Å². The Labute approximate surface area is 185 Å². The third kappa shape index (κ3) is 4.34. The molecule has 0 spiro atoms. The van der Waals surface area contributed by atoms with Gasteiger partial charge in [0.2, 0.25) is 0 Å². The van der Waals surface area contributed by atoms with Gasteiger partial charge in [-0.15, -0.1) is 0 Å². The standard InChI is InChI=1S/C15H9F21/c1-2-3-4-5-6(16,17)7(18,19)8(20,21)9(22,23)10(24,25)11(26,27)12(28,29)13(30,31)14(32,33)15(34,35)36/h2-3H,4-5H2,1H3. The van der Waals surface area contributed by atoms with Crippen molar-refractivity contribution in [2.45, 2.75) is 79.2 Å². The van der Waals surface area contributed by atoms with Crippen molar-refractivity contribution in [1.82, 2.24) is 0 Å². The van der Waals surface area contributed by atoms with E-state index in [2.05, 4.69) is 0 Å². The topological polar surface area (TPSA) is 0 Å². The summed E-state index contributed by atoms with van der Waals surface area (Å²) in [5.74, 6) is -76.4. The second-order valence-corrected chi connectivity index (χ2v) is 6.91. The molecular formula is C15H9F21. The van der Waals surface area contributed by atoms with Gasteiger partial charge in [0, 0.05) is 6.42 Å². The Kier molecular flexibility index (Phi) is 8.51. The fourth-order valence-electron chi connectivity index (χ4n) is 2.18. The molecule has 36 heavy (non-hydrogen) atoms. The Morgan fingerprint density at radius 3 is 0.889 bits per heavy atom. The van der Waals surface area contributed by atoms with E-state index < -0.39 is 72.3 Å². The minimum absolute atomic E-state index is 0.479. The maximum Gasteiger partial charge on any atom is 0.460 e. The third-order valence-corrected chi connectivity index (χ3v) is 4.44. The predicted octanol–water partition coefficient (Wildman–Crippen LogP) is 8.62. The van der Waals surface area contributed by atoms with E-state index in [0.29, 0.717) is 6.08 Å². The van der Waals surface area contributed by atoms with Gasteiger partial charge in [0.15, 0.2) is 0 Å². The third-order valence-electron chi connectivity index (χ3n) is 4.44. The van der Waals surface area contributed by atoms with Crippen LogP contribution in [0.3, 0.4) is 0 Å². The van der Waals surface area contributed by atoms with Crippen LogP contribution in [0.15, 0.2) is 12.2 Å². The minimum atomic E-state index is -9.14. The average Bonchev–Trinajstić information content (AvgIpc) is 2.65. The molecule has 216 valence electrons. The zero-order chi connectivity index (χ0) is 29.8. The summed E-state index contributed by atoms with van der Waals surface area (Å²) in [6.07, 6.45) is -10.7. The molecule has 0 amide bonds. The molecule has 0 unspecified atom stereocenters. The monoisotopic (exact) mass is 588 g/mol. The highest BCUT2D eigenvalue weighted by Crippen LogP contribution is 2.66. The highest BCUT2D eigenvalue weighted by Gasteiger charge is 2.97. The van der Waals surface area contributed by atoms with Crippen molar-refractivity contribution in [2.24, 2.45) is 0 Å². The molecule has 0 rings (SSSR count). The van der Waals surface area contributed by atoms with E-state index in [4.69, 9.17) is 0 Å². The largest absolute Gasteiger partial charge is 0.460 e. The molecule has 0 heterocycles. The van der Waals surface area contributed by atoms with Gasteiger partial charge in [0.1, 0.15) is 0 Å². The zero-order valence-electron chi connectivity index (χ0n) is 16.5. The summed E-state index contributed by atoms with van der Waals surface area (Å²) in [6.45, 7) is 1.000. The molecule has 0 saturated carbocycles. The van der Waals surface area contributed by atoms with Crippen LogP contribution in [0.5, 0.6) is 0 Å². The van der Waals surface area contributed by atoms with Crippen LogP contribution < -0.4 is 0 Å². The van der Waals surface area contributed by atoms with Crippen LogP contribution in [0.25, 0.3) is 0 Å². The van der Waals surface area contributed by atoms with Gasteiger partial charge in [-0.25, -0.2) is 0 Å². The van der Waals surface area contributed by atoms with Gasteiger partial charge in [0.05, 0.1) is 0 Å². The molecule has 0 bridgehead atoms. The van der Waals surface area contributed by atoms with Crippen LogP contribution in [0, 0.1) is 0 Å². The number of alkyl halides is 21. The van der Waals surface area contributed by atoms with Crippen molar-refractivity contribution in [1.29, 1.82) is 0 Å². The van der Waals surface area contributed by atoms with Gasteiger partial charge >= 0.3 is 59.5 Å². The number of hydrogen-bond acceptors (Lipinski definition) is 0. The number of halogens is 21. The van der Waals surface area contributed by atoms with E-state index in [1.165, 1.54) is 0 Å². The quantitative estimate of drug-likeness (QED) is 0.168. The first kappa shape index (κ1) is 34.3. The molecule has 0 aliphatic heterocycles. The second kappa shape index (κ2) is 8.93. The van der Waals surface area contributed by atoms with Crippen LogP contribution in [-0.4, -0.2) is 59.5 Å². The highest BCUT2D eigenvalue weighted by molar-refractivity contribution is 5.18.